The Morgan fingerprint density at radius 3 is 2.76 bits per heavy atom. The zero-order chi connectivity index (χ0) is 11.5. The van der Waals surface area contributed by atoms with E-state index < -0.39 is 0 Å². The summed E-state index contributed by atoms with van der Waals surface area (Å²) in [5.74, 6) is 0. The van der Waals surface area contributed by atoms with Crippen LogP contribution in [0.15, 0.2) is 36.4 Å². The Hall–Kier alpha value is -1.12. The number of nitrogens with one attached hydrogen (secondary N) is 1. The van der Waals surface area contributed by atoms with Crippen molar-refractivity contribution in [2.75, 3.05) is 0 Å². The molecule has 0 saturated heterocycles. The molecule has 1 aromatic carbocycles. The van der Waals surface area contributed by atoms with Crippen LogP contribution in [0.4, 0.5) is 0 Å². The second-order valence-electron chi connectivity index (χ2n) is 4.60. The summed E-state index contributed by atoms with van der Waals surface area (Å²) in [6.45, 7) is 1.97. The predicted octanol–water partition coefficient (Wildman–Crippen LogP) is 3.53. The number of rotatable bonds is 4. The number of thiophene rings is 1. The first-order valence-corrected chi connectivity index (χ1v) is 7.08. The van der Waals surface area contributed by atoms with Gasteiger partial charge in [0.1, 0.15) is 0 Å². The molecule has 1 heterocycles. The molecule has 1 aromatic heterocycles. The van der Waals surface area contributed by atoms with E-state index in [0.29, 0.717) is 0 Å². The van der Waals surface area contributed by atoms with E-state index in [2.05, 4.69) is 41.7 Å². The van der Waals surface area contributed by atoms with Gasteiger partial charge in [-0.05, 0) is 36.5 Å². The lowest BCUT2D eigenvalue weighted by molar-refractivity contribution is 0.700. The number of aryl methyl sites for hydroxylation is 2. The zero-order valence-electron chi connectivity index (χ0n) is 9.91. The maximum atomic E-state index is 3.52. The molecule has 0 spiro atoms. The van der Waals surface area contributed by atoms with E-state index >= 15 is 0 Å². The van der Waals surface area contributed by atoms with Crippen LogP contribution in [0.25, 0.3) is 0 Å². The fourth-order valence-electron chi connectivity index (χ4n) is 2.40. The minimum Gasteiger partial charge on any atom is -0.308 e. The molecule has 1 aliphatic rings. The van der Waals surface area contributed by atoms with Gasteiger partial charge in [0.25, 0.3) is 0 Å². The van der Waals surface area contributed by atoms with Crippen molar-refractivity contribution < 1.29 is 0 Å². The van der Waals surface area contributed by atoms with E-state index in [0.717, 1.165) is 13.1 Å². The van der Waals surface area contributed by atoms with Gasteiger partial charge < -0.3 is 5.32 Å². The van der Waals surface area contributed by atoms with Gasteiger partial charge >= 0.3 is 0 Å². The molecule has 0 radical (unpaired) electrons. The van der Waals surface area contributed by atoms with E-state index in [1.54, 1.807) is 10.4 Å². The van der Waals surface area contributed by atoms with Crippen LogP contribution in [0, 0.1) is 0 Å². The summed E-state index contributed by atoms with van der Waals surface area (Å²) in [6.07, 6.45) is 3.96. The lowest BCUT2D eigenvalue weighted by atomic mass is 10.2. The number of fused-ring (bicyclic) bond motifs is 1. The van der Waals surface area contributed by atoms with Gasteiger partial charge in [0.15, 0.2) is 0 Å². The minimum atomic E-state index is 0.962. The smallest absolute Gasteiger partial charge is 0.0303 e. The Morgan fingerprint density at radius 2 is 1.94 bits per heavy atom. The van der Waals surface area contributed by atoms with E-state index in [4.69, 9.17) is 0 Å². The van der Waals surface area contributed by atoms with Crippen molar-refractivity contribution in [2.24, 2.45) is 0 Å². The quantitative estimate of drug-likeness (QED) is 0.866. The molecular weight excluding hydrogens is 226 g/mol. The Balaban J connectivity index is 1.54. The lowest BCUT2D eigenvalue weighted by Crippen LogP contribution is -2.11. The van der Waals surface area contributed by atoms with Crippen molar-refractivity contribution in [2.45, 2.75) is 32.4 Å². The maximum absolute atomic E-state index is 3.52. The molecule has 17 heavy (non-hydrogen) atoms. The average Bonchev–Trinajstić information content (AvgIpc) is 2.91. The fraction of sp³-hybridized carbons (Fsp3) is 0.333. The highest BCUT2D eigenvalue weighted by Crippen LogP contribution is 2.30. The summed E-state index contributed by atoms with van der Waals surface area (Å²) in [6, 6.07) is 13.0. The van der Waals surface area contributed by atoms with Crippen molar-refractivity contribution in [3.05, 3.63) is 57.3 Å². The highest BCUT2D eigenvalue weighted by molar-refractivity contribution is 7.12. The molecule has 1 N–H and O–H groups in total. The van der Waals surface area contributed by atoms with Crippen molar-refractivity contribution in [1.82, 2.24) is 5.32 Å². The fourth-order valence-corrected chi connectivity index (χ4v) is 3.63. The van der Waals surface area contributed by atoms with Crippen LogP contribution in [0.3, 0.4) is 0 Å². The summed E-state index contributed by atoms with van der Waals surface area (Å²) in [4.78, 5) is 3.12. The van der Waals surface area contributed by atoms with Crippen LogP contribution in [-0.4, -0.2) is 0 Å². The molecule has 0 bridgehead atoms. The Labute approximate surface area is 106 Å². The van der Waals surface area contributed by atoms with Gasteiger partial charge in [0.05, 0.1) is 0 Å². The summed E-state index contributed by atoms with van der Waals surface area (Å²) >= 11 is 1.99. The third kappa shape index (κ3) is 2.59. The van der Waals surface area contributed by atoms with Crippen LogP contribution in [0.2, 0.25) is 0 Å². The van der Waals surface area contributed by atoms with Crippen molar-refractivity contribution in [3.8, 4) is 0 Å². The summed E-state index contributed by atoms with van der Waals surface area (Å²) in [5, 5.41) is 3.52. The normalized spacial score (nSPS) is 13.9. The summed E-state index contributed by atoms with van der Waals surface area (Å²) in [5.41, 5.74) is 2.96. The van der Waals surface area contributed by atoms with Crippen LogP contribution >= 0.6 is 11.3 Å². The molecule has 0 aliphatic heterocycles. The van der Waals surface area contributed by atoms with Crippen molar-refractivity contribution in [3.63, 3.8) is 0 Å². The first-order chi connectivity index (χ1) is 8.42. The summed E-state index contributed by atoms with van der Waals surface area (Å²) in [7, 11) is 0. The van der Waals surface area contributed by atoms with Gasteiger partial charge in [0, 0.05) is 22.8 Å². The maximum Gasteiger partial charge on any atom is 0.0303 e. The van der Waals surface area contributed by atoms with Crippen LogP contribution < -0.4 is 5.32 Å². The molecule has 0 atom stereocenters. The van der Waals surface area contributed by atoms with Crippen LogP contribution in [-0.2, 0) is 25.9 Å². The van der Waals surface area contributed by atoms with Crippen molar-refractivity contribution >= 4 is 11.3 Å². The number of benzene rings is 1. The number of hydrogen-bond donors (Lipinski definition) is 1. The van der Waals surface area contributed by atoms with Gasteiger partial charge in [-0.2, -0.15) is 0 Å². The molecule has 1 nitrogen and oxygen atoms in total. The second-order valence-corrected chi connectivity index (χ2v) is 5.83. The zero-order valence-corrected chi connectivity index (χ0v) is 10.7. The SMILES string of the molecule is c1ccc(CNCc2cc3c(s2)CCC3)cc1. The Kier molecular flexibility index (Phi) is 3.25. The molecule has 0 saturated carbocycles. The van der Waals surface area contributed by atoms with Gasteiger partial charge in [-0.15, -0.1) is 11.3 Å². The summed E-state index contributed by atoms with van der Waals surface area (Å²) < 4.78 is 0. The average molecular weight is 243 g/mol. The van der Waals surface area contributed by atoms with Gasteiger partial charge in [-0.25, -0.2) is 0 Å². The molecule has 0 amide bonds. The first-order valence-electron chi connectivity index (χ1n) is 6.27. The molecule has 0 unspecified atom stereocenters. The van der Waals surface area contributed by atoms with Crippen molar-refractivity contribution in [1.29, 1.82) is 0 Å². The highest BCUT2D eigenvalue weighted by Gasteiger charge is 2.14. The van der Waals surface area contributed by atoms with E-state index in [9.17, 15) is 0 Å². The highest BCUT2D eigenvalue weighted by atomic mass is 32.1. The van der Waals surface area contributed by atoms with Gasteiger partial charge in [-0.3, -0.25) is 0 Å². The monoisotopic (exact) mass is 243 g/mol. The largest absolute Gasteiger partial charge is 0.308 e. The first kappa shape index (κ1) is 11.0. The number of hydrogen-bond acceptors (Lipinski definition) is 2. The predicted molar refractivity (Wildman–Crippen MR) is 73.3 cm³/mol. The molecule has 3 rings (SSSR count). The lowest BCUT2D eigenvalue weighted by Gasteiger charge is -2.02. The van der Waals surface area contributed by atoms with Gasteiger partial charge in [-0.1, -0.05) is 30.3 Å². The minimum absolute atomic E-state index is 0.962. The van der Waals surface area contributed by atoms with E-state index in [-0.39, 0.29) is 0 Å². The van der Waals surface area contributed by atoms with Gasteiger partial charge in [0.2, 0.25) is 0 Å². The third-order valence-corrected chi connectivity index (χ3v) is 4.51. The van der Waals surface area contributed by atoms with Crippen LogP contribution in [0.1, 0.15) is 27.3 Å². The Morgan fingerprint density at radius 1 is 1.06 bits per heavy atom. The molecule has 88 valence electrons. The standard InChI is InChI=1S/C15H17NS/c1-2-5-12(6-3-1)10-16-11-14-9-13-7-4-8-15(13)17-14/h1-3,5-6,9,16H,4,7-8,10-11H2. The van der Waals surface area contributed by atoms with E-state index in [1.165, 1.54) is 29.7 Å². The van der Waals surface area contributed by atoms with E-state index in [1.807, 2.05) is 11.3 Å². The molecule has 2 heteroatoms. The molecule has 2 aromatic rings. The molecule has 1 aliphatic carbocycles. The molecular formula is C15H17NS. The third-order valence-electron chi connectivity index (χ3n) is 3.27. The molecule has 0 fully saturated rings. The Bertz CT molecular complexity index is 465. The van der Waals surface area contributed by atoms with Crippen LogP contribution in [0.5, 0.6) is 0 Å². The second kappa shape index (κ2) is 5.03. The topological polar surface area (TPSA) is 12.0 Å².